The first kappa shape index (κ1) is 26.5. The topological polar surface area (TPSA) is 64.3 Å². The summed E-state index contributed by atoms with van der Waals surface area (Å²) in [6, 6.07) is 12.4. The molecule has 0 unspecified atom stereocenters. The van der Waals surface area contributed by atoms with Crippen LogP contribution in [-0.4, -0.2) is 11.7 Å². The van der Waals surface area contributed by atoms with Gasteiger partial charge in [-0.1, -0.05) is 65.8 Å². The number of nitrogens with two attached hydrogens (primary N) is 1. The quantitative estimate of drug-likeness (QED) is 0.464. The van der Waals surface area contributed by atoms with Gasteiger partial charge in [0.05, 0.1) is 0 Å². The van der Waals surface area contributed by atoms with E-state index in [2.05, 4.69) is 71.1 Å². The molecule has 0 aliphatic rings. The van der Waals surface area contributed by atoms with Gasteiger partial charge < -0.3 is 10.5 Å². The summed E-state index contributed by atoms with van der Waals surface area (Å²) in [4.78, 5) is 11.8. The van der Waals surface area contributed by atoms with E-state index < -0.39 is 11.7 Å². The number of hydrogen-bond acceptors (Lipinski definition) is 3. The number of ether oxygens (including phenoxy) is 1. The smallest absolute Gasteiger partial charge is 0.412 e. The predicted molar refractivity (Wildman–Crippen MR) is 134 cm³/mol. The summed E-state index contributed by atoms with van der Waals surface area (Å²) in [6.45, 7) is 22.6. The molecule has 2 rings (SSSR count). The molecule has 0 aromatic heterocycles. The summed E-state index contributed by atoms with van der Waals surface area (Å²) in [5, 5.41) is 2.82. The lowest BCUT2D eigenvalue weighted by molar-refractivity contribution is 0.0635. The molecule has 0 atom stereocenters. The van der Waals surface area contributed by atoms with E-state index in [-0.39, 0.29) is 10.8 Å². The van der Waals surface area contributed by atoms with Gasteiger partial charge in [0.2, 0.25) is 0 Å². The van der Waals surface area contributed by atoms with E-state index in [9.17, 15) is 4.79 Å². The Morgan fingerprint density at radius 3 is 1.65 bits per heavy atom. The number of rotatable bonds is 1. The molecule has 2 aromatic carbocycles. The highest BCUT2D eigenvalue weighted by molar-refractivity contribution is 5.86. The van der Waals surface area contributed by atoms with Gasteiger partial charge >= 0.3 is 6.09 Å². The molecule has 3 N–H and O–H groups in total. The summed E-state index contributed by atoms with van der Waals surface area (Å²) in [5.41, 5.74) is 11.9. The number of benzene rings is 2. The molecular weight excluding hydrogens is 384 g/mol. The van der Waals surface area contributed by atoms with Crippen LogP contribution in [0.3, 0.4) is 0 Å². The molecular formula is C27H42N2O2. The first-order valence-electron chi connectivity index (χ1n) is 10.9. The highest BCUT2D eigenvalue weighted by Gasteiger charge is 2.19. The fourth-order valence-corrected chi connectivity index (χ4v) is 2.74. The maximum Gasteiger partial charge on any atom is 0.412 e. The predicted octanol–water partition coefficient (Wildman–Crippen LogP) is 7.51. The van der Waals surface area contributed by atoms with E-state index in [4.69, 9.17) is 10.5 Å². The molecule has 0 heterocycles. The summed E-state index contributed by atoms with van der Waals surface area (Å²) in [6.07, 6.45) is -0.415. The van der Waals surface area contributed by atoms with Gasteiger partial charge in [0.25, 0.3) is 0 Å². The first-order chi connectivity index (χ1) is 13.9. The van der Waals surface area contributed by atoms with Crippen molar-refractivity contribution >= 4 is 17.5 Å². The highest BCUT2D eigenvalue weighted by Crippen LogP contribution is 2.27. The Morgan fingerprint density at radius 1 is 0.774 bits per heavy atom. The zero-order chi connectivity index (χ0) is 24.2. The number of nitrogens with one attached hydrogen (secondary N) is 1. The summed E-state index contributed by atoms with van der Waals surface area (Å²) >= 11 is 0. The van der Waals surface area contributed by atoms with Crippen molar-refractivity contribution in [3.63, 3.8) is 0 Å². The van der Waals surface area contributed by atoms with Crippen LogP contribution in [0.2, 0.25) is 0 Å². The minimum atomic E-state index is -0.486. The number of aryl methyl sites for hydroxylation is 2. The molecule has 0 aliphatic carbocycles. The summed E-state index contributed by atoms with van der Waals surface area (Å²) in [5.74, 6) is 0. The maximum absolute atomic E-state index is 11.8. The van der Waals surface area contributed by atoms with Crippen molar-refractivity contribution in [1.29, 1.82) is 0 Å². The van der Waals surface area contributed by atoms with Gasteiger partial charge in [-0.15, -0.1) is 0 Å². The second-order valence-corrected chi connectivity index (χ2v) is 11.2. The third kappa shape index (κ3) is 9.04. The van der Waals surface area contributed by atoms with Gasteiger partial charge in [-0.25, -0.2) is 4.79 Å². The fraction of sp³-hybridized carbons (Fsp3) is 0.519. The molecule has 0 fully saturated rings. The lowest BCUT2D eigenvalue weighted by Gasteiger charge is -2.23. The van der Waals surface area contributed by atoms with E-state index in [1.807, 2.05) is 46.8 Å². The van der Waals surface area contributed by atoms with Crippen LogP contribution >= 0.6 is 0 Å². The third-order valence-corrected chi connectivity index (χ3v) is 4.88. The minimum Gasteiger partial charge on any atom is -0.444 e. The van der Waals surface area contributed by atoms with E-state index in [1.165, 1.54) is 11.1 Å². The molecule has 1 amide bonds. The van der Waals surface area contributed by atoms with Crippen LogP contribution in [0.5, 0.6) is 0 Å². The molecule has 0 radical (unpaired) electrons. The average Bonchev–Trinajstić information content (AvgIpc) is 2.56. The number of carbonyl (C=O) groups is 1. The number of carbonyl (C=O) groups excluding carboxylic acids is 1. The Balaban J connectivity index is 0.000000343. The molecule has 0 spiro atoms. The molecule has 0 bridgehead atoms. The van der Waals surface area contributed by atoms with Crippen LogP contribution in [0.4, 0.5) is 16.2 Å². The summed E-state index contributed by atoms with van der Waals surface area (Å²) < 4.78 is 5.27. The van der Waals surface area contributed by atoms with E-state index in [0.29, 0.717) is 0 Å². The van der Waals surface area contributed by atoms with Crippen molar-refractivity contribution in [2.75, 3.05) is 11.1 Å². The van der Waals surface area contributed by atoms with Crippen molar-refractivity contribution in [2.24, 2.45) is 0 Å². The van der Waals surface area contributed by atoms with Crippen LogP contribution in [0.15, 0.2) is 36.4 Å². The van der Waals surface area contributed by atoms with Crippen LogP contribution in [-0.2, 0) is 15.6 Å². The number of hydrogen-bond donors (Lipinski definition) is 2. The third-order valence-electron chi connectivity index (χ3n) is 4.88. The summed E-state index contributed by atoms with van der Waals surface area (Å²) in [7, 11) is 0. The Labute approximate surface area is 189 Å². The maximum atomic E-state index is 11.8. The minimum absolute atomic E-state index is 0.0536. The molecule has 0 saturated heterocycles. The largest absolute Gasteiger partial charge is 0.444 e. The molecule has 172 valence electrons. The normalized spacial score (nSPS) is 12.0. The van der Waals surface area contributed by atoms with Crippen molar-refractivity contribution in [2.45, 2.75) is 92.6 Å². The van der Waals surface area contributed by atoms with Crippen LogP contribution < -0.4 is 11.1 Å². The van der Waals surface area contributed by atoms with Crippen LogP contribution in [0.25, 0.3) is 0 Å². The monoisotopic (exact) mass is 426 g/mol. The van der Waals surface area contributed by atoms with E-state index in [0.717, 1.165) is 22.5 Å². The van der Waals surface area contributed by atoms with Crippen LogP contribution in [0, 0.1) is 13.8 Å². The first-order valence-corrected chi connectivity index (χ1v) is 10.9. The molecule has 4 nitrogen and oxygen atoms in total. The average molecular weight is 427 g/mol. The second-order valence-electron chi connectivity index (χ2n) is 11.2. The van der Waals surface area contributed by atoms with E-state index >= 15 is 0 Å². The van der Waals surface area contributed by atoms with Crippen molar-refractivity contribution in [3.05, 3.63) is 58.7 Å². The molecule has 0 saturated carbocycles. The number of amides is 1. The van der Waals surface area contributed by atoms with Crippen LogP contribution in [0.1, 0.15) is 84.6 Å². The SMILES string of the molecule is Cc1ccc(C(C)(C)C)cc1N.Cc1ccc(C(C)(C)C)cc1NC(=O)OC(C)(C)C. The highest BCUT2D eigenvalue weighted by atomic mass is 16.6. The van der Waals surface area contributed by atoms with Crippen molar-refractivity contribution < 1.29 is 9.53 Å². The van der Waals surface area contributed by atoms with Gasteiger partial charge in [-0.2, -0.15) is 0 Å². The Hall–Kier alpha value is -2.49. The van der Waals surface area contributed by atoms with Gasteiger partial charge in [0.1, 0.15) is 5.60 Å². The van der Waals surface area contributed by atoms with Crippen molar-refractivity contribution in [3.8, 4) is 0 Å². The Morgan fingerprint density at radius 2 is 1.23 bits per heavy atom. The Bertz CT molecular complexity index is 895. The zero-order valence-corrected chi connectivity index (χ0v) is 21.4. The molecule has 2 aromatic rings. The van der Waals surface area contributed by atoms with E-state index in [1.54, 1.807) is 0 Å². The second kappa shape index (κ2) is 9.76. The van der Waals surface area contributed by atoms with Gasteiger partial charge in [0.15, 0.2) is 0 Å². The number of nitrogen functional groups attached to an aromatic ring is 1. The number of anilines is 2. The zero-order valence-electron chi connectivity index (χ0n) is 21.4. The molecule has 0 aliphatic heterocycles. The Kier molecular flexibility index (Phi) is 8.36. The van der Waals surface area contributed by atoms with Gasteiger partial charge in [-0.3, -0.25) is 5.32 Å². The standard InChI is InChI=1S/C16H25NO2.C11H17N/c1-11-8-9-12(15(2,3)4)10-13(11)17-14(18)19-16(5,6)7;1-8-5-6-9(7-10(8)12)11(2,3)4/h8-10H,1-7H3,(H,17,18);5-7H,12H2,1-4H3. The lowest BCUT2D eigenvalue weighted by atomic mass is 9.86. The molecule has 31 heavy (non-hydrogen) atoms. The molecule has 4 heteroatoms. The lowest BCUT2D eigenvalue weighted by Crippen LogP contribution is -2.27. The van der Waals surface area contributed by atoms with Gasteiger partial charge in [-0.05, 0) is 79.8 Å². The van der Waals surface area contributed by atoms with Gasteiger partial charge in [0, 0.05) is 11.4 Å². The fourth-order valence-electron chi connectivity index (χ4n) is 2.74. The van der Waals surface area contributed by atoms with Crippen molar-refractivity contribution in [1.82, 2.24) is 0 Å².